The highest BCUT2D eigenvalue weighted by atomic mass is 35.5. The zero-order valence-corrected chi connectivity index (χ0v) is 16.7. The van der Waals surface area contributed by atoms with Crippen LogP contribution in [0.15, 0.2) is 64.0 Å². The van der Waals surface area contributed by atoms with E-state index in [4.69, 9.17) is 17.3 Å². The number of halogens is 5. The van der Waals surface area contributed by atoms with Gasteiger partial charge < -0.3 is 11.1 Å². The van der Waals surface area contributed by atoms with Gasteiger partial charge in [0.25, 0.3) is 0 Å². The number of nitrogen functional groups attached to an aromatic ring is 1. The summed E-state index contributed by atoms with van der Waals surface area (Å²) in [7, 11) is 0. The van der Waals surface area contributed by atoms with Gasteiger partial charge in [0.2, 0.25) is 0 Å². The molecule has 0 atom stereocenters. The third-order valence-corrected chi connectivity index (χ3v) is 4.32. The maximum atomic E-state index is 13.1. The molecule has 0 bridgehead atoms. The number of alkyl halides is 3. The van der Waals surface area contributed by atoms with Crippen LogP contribution in [-0.2, 0) is 12.7 Å². The maximum absolute atomic E-state index is 13.1. The molecular weight excluding hydrogens is 422 g/mol. The van der Waals surface area contributed by atoms with E-state index in [-0.39, 0.29) is 23.0 Å². The zero-order chi connectivity index (χ0) is 22.5. The molecule has 2 aromatic rings. The van der Waals surface area contributed by atoms with Gasteiger partial charge in [-0.2, -0.15) is 13.2 Å². The number of hydrogen-bond donors (Lipinski definition) is 2. The maximum Gasteiger partial charge on any atom is 0.420 e. The Bertz CT molecular complexity index is 1030. The van der Waals surface area contributed by atoms with E-state index in [1.54, 1.807) is 6.92 Å². The highest BCUT2D eigenvalue weighted by molar-refractivity contribution is 6.31. The topological polar surface area (TPSA) is 75.7 Å². The number of nitrogens with two attached hydrogens (primary N) is 1. The minimum absolute atomic E-state index is 0.0332. The number of rotatable bonds is 7. The van der Waals surface area contributed by atoms with Crippen LogP contribution in [0.4, 0.5) is 29.1 Å². The molecule has 1 heterocycles. The highest BCUT2D eigenvalue weighted by Gasteiger charge is 2.34. The Kier molecular flexibility index (Phi) is 7.33. The first-order chi connectivity index (χ1) is 14.0. The highest BCUT2D eigenvalue weighted by Crippen LogP contribution is 2.34. The van der Waals surface area contributed by atoms with Crippen LogP contribution in [0.25, 0.3) is 0 Å². The van der Waals surface area contributed by atoms with Crippen LogP contribution in [0.3, 0.4) is 0 Å². The summed E-state index contributed by atoms with van der Waals surface area (Å²) in [5.74, 6) is -1.09. The summed E-state index contributed by atoms with van der Waals surface area (Å²) in [5, 5.41) is 2.96. The average molecular weight is 440 g/mol. The number of anilines is 2. The van der Waals surface area contributed by atoms with E-state index in [1.165, 1.54) is 24.4 Å². The summed E-state index contributed by atoms with van der Waals surface area (Å²) >= 11 is 5.98. The molecule has 1 aromatic carbocycles. The number of nitrogens with one attached hydrogen (secondary N) is 1. The molecule has 5 nitrogen and oxygen atoms in total. The van der Waals surface area contributed by atoms with Gasteiger partial charge in [-0.3, -0.25) is 9.98 Å². The smallest absolute Gasteiger partial charge is 0.383 e. The van der Waals surface area contributed by atoms with E-state index in [1.807, 2.05) is 0 Å². The molecule has 0 spiro atoms. The Morgan fingerprint density at radius 1 is 1.33 bits per heavy atom. The fraction of sp³-hybridized carbons (Fsp3) is 0.150. The normalized spacial score (nSPS) is 12.6. The van der Waals surface area contributed by atoms with Gasteiger partial charge in [-0.05, 0) is 37.4 Å². The van der Waals surface area contributed by atoms with Crippen LogP contribution in [-0.4, -0.2) is 17.9 Å². The van der Waals surface area contributed by atoms with E-state index < -0.39 is 23.4 Å². The number of nitrogens with zero attached hydrogens (tertiary/aromatic N) is 3. The lowest BCUT2D eigenvalue weighted by molar-refractivity contribution is -0.137. The second-order valence-corrected chi connectivity index (χ2v) is 6.53. The van der Waals surface area contributed by atoms with E-state index in [0.29, 0.717) is 16.8 Å². The fourth-order valence-electron chi connectivity index (χ4n) is 2.37. The van der Waals surface area contributed by atoms with Crippen molar-refractivity contribution in [2.24, 2.45) is 9.98 Å². The quantitative estimate of drug-likeness (QED) is 0.332. The lowest BCUT2D eigenvalue weighted by atomic mass is 10.1. The molecule has 1 aromatic heterocycles. The molecule has 0 radical (unpaired) electrons. The van der Waals surface area contributed by atoms with Gasteiger partial charge in [-0.15, -0.1) is 0 Å². The Morgan fingerprint density at radius 2 is 2.03 bits per heavy atom. The third kappa shape index (κ3) is 5.90. The van der Waals surface area contributed by atoms with Crippen molar-refractivity contribution in [3.8, 4) is 0 Å². The van der Waals surface area contributed by atoms with Crippen molar-refractivity contribution in [3.05, 3.63) is 76.0 Å². The number of hydrogen-bond acceptors (Lipinski definition) is 5. The molecule has 0 aliphatic carbocycles. The van der Waals surface area contributed by atoms with Gasteiger partial charge in [-0.1, -0.05) is 24.2 Å². The number of pyridine rings is 1. The molecule has 30 heavy (non-hydrogen) atoms. The molecule has 10 heteroatoms. The Balaban J connectivity index is 2.24. The lowest BCUT2D eigenvalue weighted by Gasteiger charge is -2.14. The molecule has 0 saturated heterocycles. The number of aliphatic imine (C=N–C) groups is 2. The summed E-state index contributed by atoms with van der Waals surface area (Å²) in [4.78, 5) is 11.6. The second kappa shape index (κ2) is 9.53. The average Bonchev–Trinajstić information content (AvgIpc) is 2.66. The number of benzene rings is 1. The van der Waals surface area contributed by atoms with Gasteiger partial charge in [0.05, 0.1) is 24.0 Å². The molecule has 0 saturated carbocycles. The first kappa shape index (κ1) is 23.1. The molecule has 0 aliphatic heterocycles. The molecule has 0 unspecified atom stereocenters. The largest absolute Gasteiger partial charge is 0.420 e. The van der Waals surface area contributed by atoms with E-state index in [9.17, 15) is 17.6 Å². The van der Waals surface area contributed by atoms with Crippen molar-refractivity contribution < 1.29 is 17.6 Å². The first-order valence-electron chi connectivity index (χ1n) is 8.43. The van der Waals surface area contributed by atoms with Crippen LogP contribution >= 0.6 is 11.6 Å². The molecule has 0 amide bonds. The van der Waals surface area contributed by atoms with Crippen LogP contribution in [0.2, 0.25) is 5.02 Å². The minimum Gasteiger partial charge on any atom is -0.383 e. The zero-order valence-electron chi connectivity index (χ0n) is 15.9. The standard InChI is InChI=1S/C20H18ClF4N5/c1-11(27-3)16(10-28-8-13-4-5-14(22)6-18(13)21)12(2)30-15-7-17(20(23,24)25)19(26)29-9-15/h4-7,9-10,30H,2-3,8H2,1H3,(H2,26,29)/b16-11+,28-10-. The van der Waals surface area contributed by atoms with Crippen LogP contribution in [0.1, 0.15) is 18.1 Å². The van der Waals surface area contributed by atoms with E-state index in [0.717, 1.165) is 12.3 Å². The molecule has 3 N–H and O–H groups in total. The lowest BCUT2D eigenvalue weighted by Crippen LogP contribution is -2.12. The predicted molar refractivity (Wildman–Crippen MR) is 112 cm³/mol. The summed E-state index contributed by atoms with van der Waals surface area (Å²) in [6.45, 7) is 9.04. The van der Waals surface area contributed by atoms with Crippen LogP contribution < -0.4 is 11.1 Å². The van der Waals surface area contributed by atoms with Crippen LogP contribution in [0, 0.1) is 5.82 Å². The van der Waals surface area contributed by atoms with Crippen molar-refractivity contribution in [1.29, 1.82) is 0 Å². The van der Waals surface area contributed by atoms with E-state index in [2.05, 4.69) is 33.6 Å². The molecule has 0 aliphatic rings. The molecular formula is C20H18ClF4N5. The second-order valence-electron chi connectivity index (χ2n) is 6.12. The predicted octanol–water partition coefficient (Wildman–Crippen LogP) is 5.65. The summed E-state index contributed by atoms with van der Waals surface area (Å²) in [5.41, 5.74) is 5.91. The Morgan fingerprint density at radius 3 is 2.63 bits per heavy atom. The summed E-state index contributed by atoms with van der Waals surface area (Å²) < 4.78 is 52.2. The molecule has 0 fully saturated rings. The van der Waals surface area contributed by atoms with Crippen molar-refractivity contribution in [3.63, 3.8) is 0 Å². The number of aromatic nitrogens is 1. The summed E-state index contributed by atoms with van der Waals surface area (Å²) in [6.07, 6.45) is -2.07. The SMILES string of the molecule is C=N/C(C)=C(\C=N/Cc1ccc(F)cc1Cl)C(=C)Nc1cnc(N)c(C(F)(F)F)c1. The Hall–Kier alpha value is -3.20. The molecule has 158 valence electrons. The van der Waals surface area contributed by atoms with Crippen molar-refractivity contribution in [2.75, 3.05) is 11.1 Å². The van der Waals surface area contributed by atoms with Gasteiger partial charge in [0.15, 0.2) is 0 Å². The fourth-order valence-corrected chi connectivity index (χ4v) is 2.60. The van der Waals surface area contributed by atoms with Gasteiger partial charge in [-0.25, -0.2) is 9.37 Å². The van der Waals surface area contributed by atoms with Gasteiger partial charge >= 0.3 is 6.18 Å². The first-order valence-corrected chi connectivity index (χ1v) is 8.81. The van der Waals surface area contributed by atoms with Crippen LogP contribution in [0.5, 0.6) is 0 Å². The summed E-state index contributed by atoms with van der Waals surface area (Å²) in [6, 6.07) is 4.77. The Labute approximate surface area is 175 Å². The number of allylic oxidation sites excluding steroid dienone is 2. The third-order valence-electron chi connectivity index (χ3n) is 3.97. The van der Waals surface area contributed by atoms with Crippen molar-refractivity contribution in [2.45, 2.75) is 19.6 Å². The monoisotopic (exact) mass is 439 g/mol. The van der Waals surface area contributed by atoms with Crippen molar-refractivity contribution in [1.82, 2.24) is 4.98 Å². The van der Waals surface area contributed by atoms with Gasteiger partial charge in [0, 0.05) is 28.2 Å². The molecule has 2 rings (SSSR count). The van der Waals surface area contributed by atoms with E-state index >= 15 is 0 Å². The minimum atomic E-state index is -4.65. The van der Waals surface area contributed by atoms with Crippen molar-refractivity contribution >= 4 is 36.0 Å². The van der Waals surface area contributed by atoms with Gasteiger partial charge in [0.1, 0.15) is 11.6 Å².